The van der Waals surface area contributed by atoms with E-state index >= 15 is 0 Å². The lowest BCUT2D eigenvalue weighted by Gasteiger charge is -2.42. The van der Waals surface area contributed by atoms with Gasteiger partial charge in [-0.05, 0) is 28.8 Å². The van der Waals surface area contributed by atoms with Crippen molar-refractivity contribution in [3.63, 3.8) is 0 Å². The molecule has 9 heteroatoms. The average Bonchev–Trinajstić information content (AvgIpc) is 2.52. The zero-order valence-electron chi connectivity index (χ0n) is 16.7. The first-order valence-corrected chi connectivity index (χ1v) is 11.1. The van der Waals surface area contributed by atoms with Crippen molar-refractivity contribution < 1.29 is 35.5 Å². The molecule has 0 saturated heterocycles. The Labute approximate surface area is 162 Å². The van der Waals surface area contributed by atoms with Crippen molar-refractivity contribution in [1.29, 1.82) is 0 Å². The highest BCUT2D eigenvalue weighted by Gasteiger charge is 2.47. The molecule has 0 aliphatic heterocycles. The van der Waals surface area contributed by atoms with Crippen molar-refractivity contribution in [2.75, 3.05) is 0 Å². The van der Waals surface area contributed by atoms with E-state index in [1.807, 2.05) is 41.5 Å². The number of hydrogen-bond donors (Lipinski definition) is 0. The van der Waals surface area contributed by atoms with Crippen molar-refractivity contribution in [3.8, 4) is 0 Å². The fourth-order valence-electron chi connectivity index (χ4n) is 3.64. The van der Waals surface area contributed by atoms with Gasteiger partial charge in [-0.1, -0.05) is 53.7 Å². The molecule has 0 atom stereocenters. The van der Waals surface area contributed by atoms with E-state index < -0.39 is 26.4 Å². The van der Waals surface area contributed by atoms with Gasteiger partial charge in [-0.25, -0.2) is 0 Å². The number of alkyl halides is 6. The number of hydrogen-bond acceptors (Lipinski definition) is 2. The van der Waals surface area contributed by atoms with E-state index in [-0.39, 0.29) is 27.9 Å². The molecule has 1 rings (SSSR count). The second-order valence-electron chi connectivity index (χ2n) is 7.54. The summed E-state index contributed by atoms with van der Waals surface area (Å²) >= 11 is 0. The van der Waals surface area contributed by atoms with Gasteiger partial charge in [0.15, 0.2) is 0 Å². The molecule has 0 aliphatic carbocycles. The van der Waals surface area contributed by atoms with Crippen LogP contribution in [0.15, 0.2) is 30.5 Å². The van der Waals surface area contributed by atoms with Gasteiger partial charge in [-0.15, -0.1) is 13.2 Å². The molecule has 0 saturated carbocycles. The van der Waals surface area contributed by atoms with Gasteiger partial charge in [0.05, 0.1) is 5.56 Å². The number of halogens is 6. The van der Waals surface area contributed by atoms with Crippen LogP contribution in [0.3, 0.4) is 0 Å². The monoisotopic (exact) mass is 428 g/mol. The first-order valence-electron chi connectivity index (χ1n) is 8.92. The minimum absolute atomic E-state index is 0.0521. The normalized spacial score (nSPS) is 14.2. The third-order valence-electron chi connectivity index (χ3n) is 4.79. The van der Waals surface area contributed by atoms with Crippen molar-refractivity contribution in [2.24, 2.45) is 0 Å². The first-order chi connectivity index (χ1) is 12.6. The summed E-state index contributed by atoms with van der Waals surface area (Å²) in [5.41, 5.74) is -0.646. The predicted molar refractivity (Wildman–Crippen MR) is 98.7 cm³/mol. The Morgan fingerprint density at radius 3 is 1.57 bits per heavy atom. The van der Waals surface area contributed by atoms with Gasteiger partial charge < -0.3 is 9.16 Å². The van der Waals surface area contributed by atoms with E-state index in [9.17, 15) is 26.3 Å². The average molecular weight is 428 g/mol. The smallest absolute Gasteiger partial charge is 0.540 e. The number of benzene rings is 1. The van der Waals surface area contributed by atoms with Crippen LogP contribution in [0.4, 0.5) is 26.3 Å². The lowest BCUT2D eigenvalue weighted by atomic mass is 10.1. The van der Waals surface area contributed by atoms with Crippen LogP contribution in [0.25, 0.3) is 5.76 Å². The van der Waals surface area contributed by atoms with Crippen LogP contribution in [-0.2, 0) is 15.3 Å². The minimum Gasteiger partial charge on any atom is -0.540 e. The molecule has 0 aliphatic rings. The van der Waals surface area contributed by atoms with E-state index in [1.165, 1.54) is 0 Å². The summed E-state index contributed by atoms with van der Waals surface area (Å²) in [5, 5.41) is 0. The topological polar surface area (TPSA) is 18.5 Å². The SMILES string of the molecule is CC(C)[Si](OC(=COC(F)(F)F)c1ccc(C(F)(F)F)cc1)(C(C)C)C(C)C. The third kappa shape index (κ3) is 5.92. The Hall–Kier alpha value is -1.64. The second-order valence-corrected chi connectivity index (χ2v) is 12.9. The molecule has 0 amide bonds. The van der Waals surface area contributed by atoms with Gasteiger partial charge in [0.25, 0.3) is 8.32 Å². The second kappa shape index (κ2) is 8.80. The third-order valence-corrected chi connectivity index (χ3v) is 10.8. The van der Waals surface area contributed by atoms with E-state index in [0.717, 1.165) is 24.3 Å². The quantitative estimate of drug-likeness (QED) is 0.251. The van der Waals surface area contributed by atoms with Gasteiger partial charge in [-0.2, -0.15) is 13.2 Å². The Kier molecular flexibility index (Phi) is 7.66. The van der Waals surface area contributed by atoms with Crippen LogP contribution in [0.2, 0.25) is 16.6 Å². The van der Waals surface area contributed by atoms with Crippen molar-refractivity contribution in [3.05, 3.63) is 41.7 Å². The molecule has 28 heavy (non-hydrogen) atoms. The van der Waals surface area contributed by atoms with E-state index in [0.29, 0.717) is 6.26 Å². The molecular weight excluding hydrogens is 402 g/mol. The maximum Gasteiger partial charge on any atom is 0.572 e. The highest BCUT2D eigenvalue weighted by Crippen LogP contribution is 2.45. The molecule has 0 spiro atoms. The fraction of sp³-hybridized carbons (Fsp3) is 0.579. The van der Waals surface area contributed by atoms with Crippen LogP contribution in [-0.4, -0.2) is 14.7 Å². The van der Waals surface area contributed by atoms with Gasteiger partial charge in [0.2, 0.25) is 0 Å². The summed E-state index contributed by atoms with van der Waals surface area (Å²) in [6.07, 6.45) is -9.03. The Balaban J connectivity index is 3.44. The van der Waals surface area contributed by atoms with Gasteiger partial charge in [0, 0.05) is 5.56 Å². The van der Waals surface area contributed by atoms with Crippen LogP contribution >= 0.6 is 0 Å². The van der Waals surface area contributed by atoms with E-state index in [1.54, 1.807) is 0 Å². The molecule has 0 N–H and O–H groups in total. The van der Waals surface area contributed by atoms with Crippen LogP contribution in [0.1, 0.15) is 52.7 Å². The molecule has 0 bridgehead atoms. The number of rotatable bonds is 7. The summed E-state index contributed by atoms with van der Waals surface area (Å²) in [6, 6.07) is 3.80. The summed E-state index contributed by atoms with van der Waals surface area (Å²) in [5.74, 6) is -0.214. The maximum atomic E-state index is 12.8. The molecule has 2 nitrogen and oxygen atoms in total. The lowest BCUT2D eigenvalue weighted by molar-refractivity contribution is -0.298. The number of ether oxygens (including phenoxy) is 1. The molecule has 0 aromatic heterocycles. The molecule has 0 fully saturated rings. The van der Waals surface area contributed by atoms with Crippen LogP contribution < -0.4 is 0 Å². The molecule has 0 radical (unpaired) electrons. The highest BCUT2D eigenvalue weighted by molar-refractivity contribution is 6.78. The van der Waals surface area contributed by atoms with E-state index in [4.69, 9.17) is 4.43 Å². The molecule has 1 aromatic rings. The largest absolute Gasteiger partial charge is 0.572 e. The van der Waals surface area contributed by atoms with Gasteiger partial charge >= 0.3 is 12.5 Å². The van der Waals surface area contributed by atoms with Gasteiger partial charge in [0.1, 0.15) is 12.0 Å². The first kappa shape index (κ1) is 24.4. The zero-order chi connectivity index (χ0) is 21.9. The maximum absolute atomic E-state index is 12.8. The lowest BCUT2D eigenvalue weighted by Crippen LogP contribution is -2.47. The van der Waals surface area contributed by atoms with Crippen LogP contribution in [0.5, 0.6) is 0 Å². The molecule has 160 valence electrons. The summed E-state index contributed by atoms with van der Waals surface area (Å²) in [7, 11) is -2.66. The highest BCUT2D eigenvalue weighted by atomic mass is 28.4. The Bertz CT molecular complexity index is 639. The molecular formula is C19H26F6O2Si. The van der Waals surface area contributed by atoms with Crippen molar-refractivity contribution >= 4 is 14.1 Å². The standard InChI is InChI=1S/C19H26F6O2Si/c1-12(2)28(13(3)4,14(5)6)27-17(11-26-19(23,24)25)15-7-9-16(10-8-15)18(20,21)22/h7-14H,1-6H3. The van der Waals surface area contributed by atoms with Gasteiger partial charge in [-0.3, -0.25) is 0 Å². The Morgan fingerprint density at radius 2 is 1.25 bits per heavy atom. The summed E-state index contributed by atoms with van der Waals surface area (Å²) < 4.78 is 86.3. The van der Waals surface area contributed by atoms with Crippen LogP contribution in [0, 0.1) is 0 Å². The summed E-state index contributed by atoms with van der Waals surface area (Å²) in [6.45, 7) is 11.7. The fourth-order valence-corrected chi connectivity index (χ4v) is 8.89. The molecule has 0 unspecified atom stereocenters. The predicted octanol–water partition coefficient (Wildman–Crippen LogP) is 7.73. The molecule has 0 heterocycles. The van der Waals surface area contributed by atoms with Crippen molar-refractivity contribution in [1.82, 2.24) is 0 Å². The summed E-state index contributed by atoms with van der Waals surface area (Å²) in [4.78, 5) is 0. The zero-order valence-corrected chi connectivity index (χ0v) is 17.7. The molecule has 1 aromatic carbocycles. The minimum atomic E-state index is -4.93. The Morgan fingerprint density at radius 1 is 0.821 bits per heavy atom. The van der Waals surface area contributed by atoms with Crippen molar-refractivity contribution in [2.45, 2.75) is 70.7 Å². The van der Waals surface area contributed by atoms with E-state index in [2.05, 4.69) is 4.74 Å².